The molecule has 2 aromatic heterocycles. The Hall–Kier alpha value is -4.66. The highest BCUT2D eigenvalue weighted by molar-refractivity contribution is 6.08. The number of aromatic nitrogens is 4. The van der Waals surface area contributed by atoms with E-state index in [9.17, 15) is 4.79 Å². The summed E-state index contributed by atoms with van der Waals surface area (Å²) < 4.78 is 18.7. The molecule has 0 saturated heterocycles. The van der Waals surface area contributed by atoms with Crippen LogP contribution in [0.15, 0.2) is 66.7 Å². The van der Waals surface area contributed by atoms with E-state index in [-0.39, 0.29) is 5.91 Å². The first kappa shape index (κ1) is 22.1. The maximum atomic E-state index is 12.9. The van der Waals surface area contributed by atoms with E-state index < -0.39 is 0 Å². The molecule has 1 amide bonds. The third kappa shape index (κ3) is 4.08. The molecule has 0 unspecified atom stereocenters. The zero-order chi connectivity index (χ0) is 24.4. The van der Waals surface area contributed by atoms with E-state index >= 15 is 0 Å². The van der Waals surface area contributed by atoms with Crippen molar-refractivity contribution in [1.29, 1.82) is 0 Å². The van der Waals surface area contributed by atoms with Gasteiger partial charge in [-0.2, -0.15) is 0 Å². The van der Waals surface area contributed by atoms with Gasteiger partial charge in [0.15, 0.2) is 0 Å². The van der Waals surface area contributed by atoms with Gasteiger partial charge in [-0.15, -0.1) is 10.2 Å². The summed E-state index contributed by atoms with van der Waals surface area (Å²) in [6, 6.07) is 20.0. The summed E-state index contributed by atoms with van der Waals surface area (Å²) in [4.78, 5) is 17.6. The molecule has 1 N–H and O–H groups in total. The third-order valence-electron chi connectivity index (χ3n) is 5.56. The summed E-state index contributed by atoms with van der Waals surface area (Å²) in [6.45, 7) is 2.03. The maximum absolute atomic E-state index is 12.9. The number of amides is 1. The summed E-state index contributed by atoms with van der Waals surface area (Å²) in [5.74, 6) is 2.23. The van der Waals surface area contributed by atoms with Crippen molar-refractivity contribution in [2.75, 3.05) is 19.5 Å². The number of benzene rings is 3. The lowest BCUT2D eigenvalue weighted by atomic mass is 10.1. The summed E-state index contributed by atoms with van der Waals surface area (Å²) in [5.41, 5.74) is 3.14. The molecule has 176 valence electrons. The lowest BCUT2D eigenvalue weighted by Gasteiger charge is -2.13. The lowest BCUT2D eigenvalue weighted by molar-refractivity contribution is 0.102. The minimum absolute atomic E-state index is 0.319. The largest absolute Gasteiger partial charge is 0.496 e. The van der Waals surface area contributed by atoms with Gasteiger partial charge < -0.3 is 19.5 Å². The normalized spacial score (nSPS) is 10.9. The topological polar surface area (TPSA) is 99.9 Å². The molecule has 9 nitrogen and oxygen atoms in total. The second-order valence-electron chi connectivity index (χ2n) is 7.65. The number of hydrogen-bond donors (Lipinski definition) is 1. The fraction of sp³-hybridized carbons (Fsp3) is 0.154. The van der Waals surface area contributed by atoms with E-state index in [2.05, 4.69) is 20.5 Å². The minimum Gasteiger partial charge on any atom is -0.496 e. The van der Waals surface area contributed by atoms with E-state index in [4.69, 9.17) is 14.2 Å². The SMILES string of the molecule is CCc1nnc2c(Oc3ccc(NC(=O)c4c(OC)cccc4OC)cc3)nc3ccccc3n12. The van der Waals surface area contributed by atoms with Crippen molar-refractivity contribution in [3.63, 3.8) is 0 Å². The summed E-state index contributed by atoms with van der Waals surface area (Å²) in [5, 5.41) is 11.5. The van der Waals surface area contributed by atoms with Gasteiger partial charge in [0.05, 0.1) is 25.3 Å². The predicted molar refractivity (Wildman–Crippen MR) is 132 cm³/mol. The van der Waals surface area contributed by atoms with Gasteiger partial charge >= 0.3 is 0 Å². The second kappa shape index (κ2) is 9.30. The molecule has 0 spiro atoms. The Balaban J connectivity index is 1.42. The molecule has 0 saturated carbocycles. The first-order chi connectivity index (χ1) is 17.1. The van der Waals surface area contributed by atoms with Crippen LogP contribution in [0.5, 0.6) is 23.1 Å². The molecule has 0 aliphatic rings. The average molecular weight is 470 g/mol. The lowest BCUT2D eigenvalue weighted by Crippen LogP contribution is -2.14. The molecular formula is C26H23N5O4. The molecule has 9 heteroatoms. The average Bonchev–Trinajstić information content (AvgIpc) is 3.34. The number of ether oxygens (including phenoxy) is 3. The zero-order valence-electron chi connectivity index (χ0n) is 19.5. The highest BCUT2D eigenvalue weighted by Gasteiger charge is 2.19. The first-order valence-electron chi connectivity index (χ1n) is 11.1. The molecule has 0 aliphatic heterocycles. The monoisotopic (exact) mass is 469 g/mol. The van der Waals surface area contributed by atoms with E-state index in [1.807, 2.05) is 35.6 Å². The van der Waals surface area contributed by atoms with Gasteiger partial charge in [0.25, 0.3) is 11.8 Å². The van der Waals surface area contributed by atoms with Gasteiger partial charge in [-0.1, -0.05) is 25.1 Å². The van der Waals surface area contributed by atoms with Crippen LogP contribution in [0.4, 0.5) is 5.69 Å². The van der Waals surface area contributed by atoms with Crippen LogP contribution in [0, 0.1) is 0 Å². The molecular weight excluding hydrogens is 446 g/mol. The Kier molecular flexibility index (Phi) is 5.88. The van der Waals surface area contributed by atoms with Crippen LogP contribution in [0.2, 0.25) is 0 Å². The first-order valence-corrected chi connectivity index (χ1v) is 11.1. The summed E-state index contributed by atoms with van der Waals surface area (Å²) >= 11 is 0. The number of nitrogens with zero attached hydrogens (tertiary/aromatic N) is 4. The molecule has 5 rings (SSSR count). The van der Waals surface area contributed by atoms with Crippen molar-refractivity contribution >= 4 is 28.3 Å². The Morgan fingerprint density at radius 3 is 2.31 bits per heavy atom. The van der Waals surface area contributed by atoms with Gasteiger partial charge in [0, 0.05) is 12.1 Å². The fourth-order valence-electron chi connectivity index (χ4n) is 3.90. The van der Waals surface area contributed by atoms with Crippen LogP contribution in [0.1, 0.15) is 23.1 Å². The zero-order valence-corrected chi connectivity index (χ0v) is 19.5. The molecule has 0 aliphatic carbocycles. The molecule has 0 fully saturated rings. The number of aryl methyl sites for hydroxylation is 1. The van der Waals surface area contributed by atoms with Crippen molar-refractivity contribution in [3.8, 4) is 23.1 Å². The number of nitrogens with one attached hydrogen (secondary N) is 1. The highest BCUT2D eigenvalue weighted by atomic mass is 16.5. The number of hydrogen-bond acceptors (Lipinski definition) is 7. The predicted octanol–water partition coefficient (Wildman–Crippen LogP) is 4.90. The smallest absolute Gasteiger partial charge is 0.266 e. The summed E-state index contributed by atoms with van der Waals surface area (Å²) in [6.07, 6.45) is 0.722. The van der Waals surface area contributed by atoms with Crippen LogP contribution in [0.25, 0.3) is 16.7 Å². The number of carbonyl (C=O) groups excluding carboxylic acids is 1. The molecule has 0 atom stereocenters. The fourth-order valence-corrected chi connectivity index (χ4v) is 3.90. The van der Waals surface area contributed by atoms with E-state index in [1.54, 1.807) is 42.5 Å². The maximum Gasteiger partial charge on any atom is 0.266 e. The Labute approximate surface area is 201 Å². The van der Waals surface area contributed by atoms with Crippen molar-refractivity contribution in [2.45, 2.75) is 13.3 Å². The molecule has 2 heterocycles. The number of fused-ring (bicyclic) bond motifs is 3. The summed E-state index contributed by atoms with van der Waals surface area (Å²) in [7, 11) is 3.02. The molecule has 0 bridgehead atoms. The van der Waals surface area contributed by atoms with Crippen molar-refractivity contribution in [2.24, 2.45) is 0 Å². The van der Waals surface area contributed by atoms with Crippen LogP contribution in [-0.4, -0.2) is 39.7 Å². The van der Waals surface area contributed by atoms with Crippen molar-refractivity contribution in [3.05, 3.63) is 78.1 Å². The van der Waals surface area contributed by atoms with Crippen molar-refractivity contribution in [1.82, 2.24) is 19.6 Å². The Morgan fingerprint density at radius 2 is 1.63 bits per heavy atom. The van der Waals surface area contributed by atoms with E-state index in [1.165, 1.54) is 14.2 Å². The number of anilines is 1. The van der Waals surface area contributed by atoms with Gasteiger partial charge in [0.1, 0.15) is 28.6 Å². The van der Waals surface area contributed by atoms with Crippen LogP contribution >= 0.6 is 0 Å². The van der Waals surface area contributed by atoms with Crippen LogP contribution in [-0.2, 0) is 6.42 Å². The molecule has 0 radical (unpaired) electrons. The number of carbonyl (C=O) groups is 1. The van der Waals surface area contributed by atoms with E-state index in [0.29, 0.717) is 40.0 Å². The molecule has 3 aromatic carbocycles. The third-order valence-corrected chi connectivity index (χ3v) is 5.56. The minimum atomic E-state index is -0.346. The number of methoxy groups -OCH3 is 2. The Bertz CT molecular complexity index is 1510. The molecule has 35 heavy (non-hydrogen) atoms. The van der Waals surface area contributed by atoms with Gasteiger partial charge in [0.2, 0.25) is 5.65 Å². The number of rotatable bonds is 7. The van der Waals surface area contributed by atoms with Gasteiger partial charge in [-0.05, 0) is 48.5 Å². The molecule has 5 aromatic rings. The number of para-hydroxylation sites is 2. The second-order valence-corrected chi connectivity index (χ2v) is 7.65. The standard InChI is InChI=1S/C26H23N5O4/c1-4-22-29-30-24-26(28-18-8-5-6-9-19(18)31(22)24)35-17-14-12-16(13-15-17)27-25(32)23-20(33-2)10-7-11-21(23)34-3/h5-15H,4H2,1-3H3,(H,27,32). The van der Waals surface area contributed by atoms with Crippen LogP contribution in [0.3, 0.4) is 0 Å². The van der Waals surface area contributed by atoms with Gasteiger partial charge in [-0.25, -0.2) is 4.98 Å². The highest BCUT2D eigenvalue weighted by Crippen LogP contribution is 2.31. The van der Waals surface area contributed by atoms with Crippen LogP contribution < -0.4 is 19.5 Å². The van der Waals surface area contributed by atoms with Crippen molar-refractivity contribution < 1.29 is 19.0 Å². The Morgan fingerprint density at radius 1 is 0.914 bits per heavy atom. The van der Waals surface area contributed by atoms with E-state index in [0.717, 1.165) is 23.3 Å². The quantitative estimate of drug-likeness (QED) is 0.362. The van der Waals surface area contributed by atoms with Gasteiger partial charge in [-0.3, -0.25) is 9.20 Å².